The number of nitro groups is 1. The number of benzene rings is 2. The number of non-ortho nitro benzene ring substituents is 1. The zero-order valence-electron chi connectivity index (χ0n) is 13.1. The largest absolute Gasteiger partial charge is 0.299 e. The maximum atomic E-state index is 12.2. The summed E-state index contributed by atoms with van der Waals surface area (Å²) in [5, 5.41) is 13.2. The normalized spacial score (nSPS) is 9.92. The first kappa shape index (κ1) is 17.4. The third-order valence-electron chi connectivity index (χ3n) is 3.25. The Hall–Kier alpha value is -3.00. The lowest BCUT2D eigenvalue weighted by Gasteiger charge is -2.12. The number of carbonyl (C=O) groups is 1. The third kappa shape index (κ3) is 4.50. The molecule has 0 fully saturated rings. The van der Waals surface area contributed by atoms with Crippen molar-refractivity contribution >= 4 is 34.6 Å². The van der Waals surface area contributed by atoms with E-state index in [0.29, 0.717) is 11.3 Å². The predicted molar refractivity (Wildman–Crippen MR) is 95.8 cm³/mol. The fraction of sp³-hybridized carbons (Fsp3) is 0.125. The maximum Gasteiger partial charge on any atom is 0.269 e. The molecule has 3 N–H and O–H groups in total. The highest BCUT2D eigenvalue weighted by Gasteiger charge is 2.10. The van der Waals surface area contributed by atoms with Crippen molar-refractivity contribution in [3.8, 4) is 0 Å². The fourth-order valence-electron chi connectivity index (χ4n) is 2.07. The van der Waals surface area contributed by atoms with Gasteiger partial charge in [-0.3, -0.25) is 31.1 Å². The molecule has 0 saturated carbocycles. The van der Waals surface area contributed by atoms with E-state index in [2.05, 4.69) is 16.2 Å². The number of hydrazine groups is 1. The van der Waals surface area contributed by atoms with Crippen molar-refractivity contribution in [1.29, 1.82) is 0 Å². The molecular formula is C16H16N4O3S. The van der Waals surface area contributed by atoms with Crippen LogP contribution in [0.1, 0.15) is 21.5 Å². The van der Waals surface area contributed by atoms with Gasteiger partial charge in [0.15, 0.2) is 5.11 Å². The molecule has 0 heterocycles. The van der Waals surface area contributed by atoms with Crippen molar-refractivity contribution in [3.63, 3.8) is 0 Å². The zero-order chi connectivity index (χ0) is 17.7. The summed E-state index contributed by atoms with van der Waals surface area (Å²) in [7, 11) is 0. The number of aryl methyl sites for hydroxylation is 2. The molecule has 2 rings (SSSR count). The second-order valence-electron chi connectivity index (χ2n) is 5.16. The Morgan fingerprint density at radius 2 is 1.79 bits per heavy atom. The van der Waals surface area contributed by atoms with E-state index >= 15 is 0 Å². The van der Waals surface area contributed by atoms with Crippen molar-refractivity contribution in [2.75, 3.05) is 5.43 Å². The van der Waals surface area contributed by atoms with Crippen LogP contribution < -0.4 is 16.2 Å². The van der Waals surface area contributed by atoms with Crippen LogP contribution in [0.15, 0.2) is 42.5 Å². The molecule has 0 unspecified atom stereocenters. The molecule has 124 valence electrons. The summed E-state index contributed by atoms with van der Waals surface area (Å²) in [5.74, 6) is -0.310. The topological polar surface area (TPSA) is 96.3 Å². The molecule has 8 heteroatoms. The Morgan fingerprint density at radius 1 is 1.12 bits per heavy atom. The maximum absolute atomic E-state index is 12.2. The van der Waals surface area contributed by atoms with Crippen LogP contribution in [0.3, 0.4) is 0 Å². The van der Waals surface area contributed by atoms with Gasteiger partial charge in [0.1, 0.15) is 0 Å². The summed E-state index contributed by atoms with van der Waals surface area (Å²) in [6, 6.07) is 11.3. The van der Waals surface area contributed by atoms with Gasteiger partial charge < -0.3 is 0 Å². The minimum atomic E-state index is -0.480. The van der Waals surface area contributed by atoms with Gasteiger partial charge in [0.25, 0.3) is 11.6 Å². The molecule has 0 radical (unpaired) electrons. The molecule has 0 aliphatic carbocycles. The summed E-state index contributed by atoms with van der Waals surface area (Å²) in [6.45, 7) is 3.81. The number of thiocarbonyl (C=S) groups is 1. The van der Waals surface area contributed by atoms with Crippen LogP contribution in [-0.4, -0.2) is 15.9 Å². The van der Waals surface area contributed by atoms with Crippen molar-refractivity contribution in [2.24, 2.45) is 0 Å². The fourth-order valence-corrected chi connectivity index (χ4v) is 2.21. The number of carbonyl (C=O) groups excluding carboxylic acids is 1. The third-order valence-corrected chi connectivity index (χ3v) is 3.46. The summed E-state index contributed by atoms with van der Waals surface area (Å²) in [4.78, 5) is 22.3. The number of rotatable bonds is 4. The smallest absolute Gasteiger partial charge is 0.269 e. The van der Waals surface area contributed by atoms with E-state index in [9.17, 15) is 14.9 Å². The molecule has 0 bridgehead atoms. The molecule has 0 saturated heterocycles. The van der Waals surface area contributed by atoms with Crippen LogP contribution in [0.5, 0.6) is 0 Å². The average Bonchev–Trinajstić information content (AvgIpc) is 2.53. The molecule has 0 aliphatic rings. The average molecular weight is 344 g/mol. The van der Waals surface area contributed by atoms with Crippen LogP contribution in [0.25, 0.3) is 0 Å². The van der Waals surface area contributed by atoms with E-state index in [1.165, 1.54) is 24.3 Å². The molecule has 1 amide bonds. The van der Waals surface area contributed by atoms with Gasteiger partial charge in [-0.1, -0.05) is 17.7 Å². The lowest BCUT2D eigenvalue weighted by Crippen LogP contribution is -2.42. The first-order valence-electron chi connectivity index (χ1n) is 7.06. The Labute approximate surface area is 144 Å². The van der Waals surface area contributed by atoms with Gasteiger partial charge in [-0.15, -0.1) is 0 Å². The molecule has 0 aromatic heterocycles. The SMILES string of the molecule is Cc1ccc(C(=O)NC(=S)NNc2ccc([N+](=O)[O-])cc2)c(C)c1. The summed E-state index contributed by atoms with van der Waals surface area (Å²) >= 11 is 5.05. The van der Waals surface area contributed by atoms with Gasteiger partial charge in [0, 0.05) is 17.7 Å². The standard InChI is InChI=1S/C16H16N4O3S/c1-10-3-8-14(11(2)9-10)15(21)17-16(24)19-18-12-4-6-13(7-5-12)20(22)23/h3-9,18H,1-2H3,(H2,17,19,21,24). The number of anilines is 1. The molecule has 24 heavy (non-hydrogen) atoms. The number of nitrogens with one attached hydrogen (secondary N) is 3. The Balaban J connectivity index is 1.90. The van der Waals surface area contributed by atoms with Gasteiger partial charge in [-0.2, -0.15) is 0 Å². The molecule has 2 aromatic carbocycles. The van der Waals surface area contributed by atoms with Gasteiger partial charge in [0.2, 0.25) is 0 Å². The Kier molecular flexibility index (Phi) is 5.43. The number of nitro benzene ring substituents is 1. The van der Waals surface area contributed by atoms with E-state index in [-0.39, 0.29) is 16.7 Å². The number of hydrogen-bond acceptors (Lipinski definition) is 5. The van der Waals surface area contributed by atoms with Gasteiger partial charge in [-0.05, 0) is 49.8 Å². The van der Waals surface area contributed by atoms with Crippen molar-refractivity contribution in [2.45, 2.75) is 13.8 Å². The molecule has 0 spiro atoms. The van der Waals surface area contributed by atoms with E-state index in [4.69, 9.17) is 12.2 Å². The monoisotopic (exact) mass is 344 g/mol. The van der Waals surface area contributed by atoms with Crippen molar-refractivity contribution < 1.29 is 9.72 Å². The second-order valence-corrected chi connectivity index (χ2v) is 5.56. The van der Waals surface area contributed by atoms with Crippen LogP contribution >= 0.6 is 12.2 Å². The Morgan fingerprint density at radius 3 is 2.38 bits per heavy atom. The lowest BCUT2D eigenvalue weighted by molar-refractivity contribution is -0.384. The number of amides is 1. The minimum Gasteiger partial charge on any atom is -0.299 e. The summed E-state index contributed by atoms with van der Waals surface area (Å²) in [6.07, 6.45) is 0. The second kappa shape index (κ2) is 7.51. The van der Waals surface area contributed by atoms with E-state index < -0.39 is 4.92 Å². The van der Waals surface area contributed by atoms with E-state index in [1.807, 2.05) is 26.0 Å². The molecule has 2 aromatic rings. The lowest BCUT2D eigenvalue weighted by atomic mass is 10.1. The van der Waals surface area contributed by atoms with Crippen LogP contribution in [0.4, 0.5) is 11.4 Å². The van der Waals surface area contributed by atoms with Gasteiger partial charge >= 0.3 is 0 Å². The van der Waals surface area contributed by atoms with E-state index in [0.717, 1.165) is 11.1 Å². The van der Waals surface area contributed by atoms with Gasteiger partial charge in [0.05, 0.1) is 10.6 Å². The zero-order valence-corrected chi connectivity index (χ0v) is 13.9. The minimum absolute atomic E-state index is 0.00808. The van der Waals surface area contributed by atoms with E-state index in [1.54, 1.807) is 6.07 Å². The number of nitrogens with zero attached hydrogens (tertiary/aromatic N) is 1. The number of hydrogen-bond donors (Lipinski definition) is 3. The van der Waals surface area contributed by atoms with Crippen molar-refractivity contribution in [1.82, 2.24) is 10.7 Å². The summed E-state index contributed by atoms with van der Waals surface area (Å²) in [5.41, 5.74) is 8.46. The molecule has 7 nitrogen and oxygen atoms in total. The highest BCUT2D eigenvalue weighted by Crippen LogP contribution is 2.14. The highest BCUT2D eigenvalue weighted by molar-refractivity contribution is 7.80. The quantitative estimate of drug-likeness (QED) is 0.448. The molecule has 0 atom stereocenters. The van der Waals surface area contributed by atoms with Crippen LogP contribution in [0.2, 0.25) is 0 Å². The molecule has 0 aliphatic heterocycles. The highest BCUT2D eigenvalue weighted by atomic mass is 32.1. The Bertz CT molecular complexity index is 790. The summed E-state index contributed by atoms with van der Waals surface area (Å²) < 4.78 is 0. The van der Waals surface area contributed by atoms with Gasteiger partial charge in [-0.25, -0.2) is 0 Å². The van der Waals surface area contributed by atoms with Crippen LogP contribution in [0, 0.1) is 24.0 Å². The predicted octanol–water partition coefficient (Wildman–Crippen LogP) is 2.84. The molecular weight excluding hydrogens is 328 g/mol. The first-order chi connectivity index (χ1) is 11.4. The first-order valence-corrected chi connectivity index (χ1v) is 7.46. The van der Waals surface area contributed by atoms with Crippen LogP contribution in [-0.2, 0) is 0 Å². The van der Waals surface area contributed by atoms with Crippen molar-refractivity contribution in [3.05, 3.63) is 69.3 Å².